The Kier molecular flexibility index (Phi) is 3.72. The topological polar surface area (TPSA) is 52.3 Å². The molecule has 0 aromatic carbocycles. The van der Waals surface area contributed by atoms with Crippen LogP contribution in [-0.4, -0.2) is 19.1 Å². The molecular weight excluding hydrogens is 130 g/mol. The van der Waals surface area contributed by atoms with E-state index in [1.54, 1.807) is 19.9 Å². The maximum Gasteiger partial charge on any atom is 0.334 e. The smallest absolute Gasteiger partial charge is 0.334 e. The minimum atomic E-state index is -0.350. The van der Waals surface area contributed by atoms with E-state index in [2.05, 4.69) is 4.74 Å². The van der Waals surface area contributed by atoms with Gasteiger partial charge in [-0.3, -0.25) is 0 Å². The maximum absolute atomic E-state index is 10.8. The Morgan fingerprint density at radius 2 is 2.20 bits per heavy atom. The number of methoxy groups -OCH3 is 1. The average molecular weight is 143 g/mol. The summed E-state index contributed by atoms with van der Waals surface area (Å²) >= 11 is 0. The molecule has 0 fully saturated rings. The second kappa shape index (κ2) is 4.06. The van der Waals surface area contributed by atoms with Crippen molar-refractivity contribution in [3.05, 3.63) is 11.6 Å². The number of carbonyl (C=O) groups is 1. The first-order valence-corrected chi connectivity index (χ1v) is 3.13. The van der Waals surface area contributed by atoms with E-state index in [1.807, 2.05) is 0 Å². The summed E-state index contributed by atoms with van der Waals surface area (Å²) in [5.74, 6) is -0.350. The lowest BCUT2D eigenvalue weighted by Crippen LogP contribution is -2.24. The van der Waals surface area contributed by atoms with Gasteiger partial charge in [0.1, 0.15) is 0 Å². The van der Waals surface area contributed by atoms with Gasteiger partial charge in [-0.2, -0.15) is 0 Å². The molecule has 3 nitrogen and oxygen atoms in total. The lowest BCUT2D eigenvalue weighted by Gasteiger charge is -2.06. The summed E-state index contributed by atoms with van der Waals surface area (Å²) in [5, 5.41) is 0. The van der Waals surface area contributed by atoms with Crippen LogP contribution in [0.15, 0.2) is 11.6 Å². The third kappa shape index (κ3) is 2.19. The van der Waals surface area contributed by atoms with Gasteiger partial charge in [-0.05, 0) is 13.8 Å². The van der Waals surface area contributed by atoms with Crippen molar-refractivity contribution in [2.45, 2.75) is 19.9 Å². The predicted octanol–water partition coefficient (Wildman–Crippen LogP) is 0.453. The van der Waals surface area contributed by atoms with E-state index in [9.17, 15) is 4.79 Å². The van der Waals surface area contributed by atoms with Gasteiger partial charge in [-0.1, -0.05) is 6.08 Å². The van der Waals surface area contributed by atoms with Crippen LogP contribution < -0.4 is 5.73 Å². The second-order valence-electron chi connectivity index (χ2n) is 2.02. The molecule has 0 saturated heterocycles. The molecular formula is C7H13NO2. The molecule has 0 heterocycles. The van der Waals surface area contributed by atoms with E-state index in [0.29, 0.717) is 5.57 Å². The monoisotopic (exact) mass is 143 g/mol. The van der Waals surface area contributed by atoms with E-state index in [1.165, 1.54) is 7.11 Å². The van der Waals surface area contributed by atoms with Gasteiger partial charge in [0.05, 0.1) is 7.11 Å². The molecule has 0 spiro atoms. The first kappa shape index (κ1) is 9.17. The van der Waals surface area contributed by atoms with Crippen LogP contribution in [0.25, 0.3) is 0 Å². The summed E-state index contributed by atoms with van der Waals surface area (Å²) in [5.41, 5.74) is 5.97. The number of nitrogens with two attached hydrogens (primary N) is 1. The Labute approximate surface area is 60.9 Å². The molecule has 58 valence electrons. The average Bonchev–Trinajstić information content (AvgIpc) is 1.88. The predicted molar refractivity (Wildman–Crippen MR) is 39.4 cm³/mol. The summed E-state index contributed by atoms with van der Waals surface area (Å²) < 4.78 is 4.48. The normalized spacial score (nSPS) is 14.6. The van der Waals surface area contributed by atoms with Gasteiger partial charge in [-0.15, -0.1) is 0 Å². The Morgan fingerprint density at radius 3 is 2.30 bits per heavy atom. The van der Waals surface area contributed by atoms with E-state index < -0.39 is 0 Å². The third-order valence-corrected chi connectivity index (χ3v) is 1.22. The van der Waals surface area contributed by atoms with Crippen LogP contribution in [0.4, 0.5) is 0 Å². The highest BCUT2D eigenvalue weighted by Crippen LogP contribution is 2.00. The van der Waals surface area contributed by atoms with Crippen LogP contribution in [0.3, 0.4) is 0 Å². The van der Waals surface area contributed by atoms with Crippen LogP contribution in [0.1, 0.15) is 13.8 Å². The SMILES string of the molecule is CC=C(C(=O)OC)C(C)N. The number of rotatable bonds is 2. The van der Waals surface area contributed by atoms with Crippen molar-refractivity contribution in [1.82, 2.24) is 0 Å². The molecule has 0 aromatic rings. The van der Waals surface area contributed by atoms with Gasteiger partial charge in [0.2, 0.25) is 0 Å². The number of hydrogen-bond acceptors (Lipinski definition) is 3. The van der Waals surface area contributed by atoms with Crippen LogP contribution in [0.5, 0.6) is 0 Å². The Morgan fingerprint density at radius 1 is 1.70 bits per heavy atom. The van der Waals surface area contributed by atoms with Crippen molar-refractivity contribution in [3.63, 3.8) is 0 Å². The quantitative estimate of drug-likeness (QED) is 0.451. The minimum Gasteiger partial charge on any atom is -0.466 e. The van der Waals surface area contributed by atoms with Gasteiger partial charge in [0.25, 0.3) is 0 Å². The van der Waals surface area contributed by atoms with Gasteiger partial charge in [0.15, 0.2) is 0 Å². The largest absolute Gasteiger partial charge is 0.466 e. The van der Waals surface area contributed by atoms with Crippen molar-refractivity contribution < 1.29 is 9.53 Å². The van der Waals surface area contributed by atoms with Crippen molar-refractivity contribution in [2.75, 3.05) is 7.11 Å². The summed E-state index contributed by atoms with van der Waals surface area (Å²) in [6.07, 6.45) is 1.66. The van der Waals surface area contributed by atoms with E-state index >= 15 is 0 Å². The second-order valence-corrected chi connectivity index (χ2v) is 2.02. The highest BCUT2D eigenvalue weighted by Gasteiger charge is 2.11. The highest BCUT2D eigenvalue weighted by molar-refractivity contribution is 5.89. The number of esters is 1. The third-order valence-electron chi connectivity index (χ3n) is 1.22. The highest BCUT2D eigenvalue weighted by atomic mass is 16.5. The maximum atomic E-state index is 10.8. The molecule has 3 heteroatoms. The fraction of sp³-hybridized carbons (Fsp3) is 0.571. The number of hydrogen-bond donors (Lipinski definition) is 1. The van der Waals surface area contributed by atoms with Gasteiger partial charge < -0.3 is 10.5 Å². The van der Waals surface area contributed by atoms with Crippen molar-refractivity contribution in [2.24, 2.45) is 5.73 Å². The van der Waals surface area contributed by atoms with Crippen molar-refractivity contribution in [3.8, 4) is 0 Å². The summed E-state index contributed by atoms with van der Waals surface area (Å²) in [6, 6.07) is -0.252. The van der Waals surface area contributed by atoms with E-state index in [0.717, 1.165) is 0 Å². The first-order valence-electron chi connectivity index (χ1n) is 3.13. The Bertz CT molecular complexity index is 150. The number of carbonyl (C=O) groups excluding carboxylic acids is 1. The molecule has 0 aliphatic heterocycles. The fourth-order valence-electron chi connectivity index (χ4n) is 0.684. The molecule has 0 aromatic heterocycles. The standard InChI is InChI=1S/C7H13NO2/c1-4-6(5(2)8)7(9)10-3/h4-5H,8H2,1-3H3. The Balaban J connectivity index is 4.24. The van der Waals surface area contributed by atoms with Crippen LogP contribution in [0, 0.1) is 0 Å². The zero-order chi connectivity index (χ0) is 8.15. The fourth-order valence-corrected chi connectivity index (χ4v) is 0.684. The number of allylic oxidation sites excluding steroid dienone is 1. The van der Waals surface area contributed by atoms with Gasteiger partial charge in [-0.25, -0.2) is 4.79 Å². The van der Waals surface area contributed by atoms with Gasteiger partial charge in [0, 0.05) is 11.6 Å². The molecule has 0 rings (SSSR count). The zero-order valence-electron chi connectivity index (χ0n) is 6.55. The molecule has 10 heavy (non-hydrogen) atoms. The lowest BCUT2D eigenvalue weighted by molar-refractivity contribution is -0.136. The van der Waals surface area contributed by atoms with Crippen LogP contribution in [0.2, 0.25) is 0 Å². The van der Waals surface area contributed by atoms with E-state index in [4.69, 9.17) is 5.73 Å². The molecule has 1 atom stereocenters. The zero-order valence-corrected chi connectivity index (χ0v) is 6.55. The molecule has 0 saturated carbocycles. The Hall–Kier alpha value is -0.830. The molecule has 1 unspecified atom stereocenters. The van der Waals surface area contributed by atoms with Crippen molar-refractivity contribution in [1.29, 1.82) is 0 Å². The van der Waals surface area contributed by atoms with Crippen LogP contribution >= 0.6 is 0 Å². The molecule has 0 aliphatic carbocycles. The molecule has 0 amide bonds. The summed E-state index contributed by atoms with van der Waals surface area (Å²) in [4.78, 5) is 10.8. The molecule has 0 radical (unpaired) electrons. The van der Waals surface area contributed by atoms with E-state index in [-0.39, 0.29) is 12.0 Å². The minimum absolute atomic E-state index is 0.252. The summed E-state index contributed by atoms with van der Waals surface area (Å²) in [7, 11) is 1.34. The van der Waals surface area contributed by atoms with Crippen molar-refractivity contribution >= 4 is 5.97 Å². The van der Waals surface area contributed by atoms with Gasteiger partial charge >= 0.3 is 5.97 Å². The number of ether oxygens (including phenoxy) is 1. The van der Waals surface area contributed by atoms with Crippen LogP contribution in [-0.2, 0) is 9.53 Å². The molecule has 2 N–H and O–H groups in total. The molecule has 0 bridgehead atoms. The summed E-state index contributed by atoms with van der Waals surface area (Å²) in [6.45, 7) is 3.50. The molecule has 0 aliphatic rings. The lowest BCUT2D eigenvalue weighted by atomic mass is 10.1. The first-order chi connectivity index (χ1) is 4.63.